The predicted octanol–water partition coefficient (Wildman–Crippen LogP) is 2.28. The Morgan fingerprint density at radius 3 is 2.21 bits per heavy atom. The quantitative estimate of drug-likeness (QED) is 0.667. The number of carboxylic acids is 1. The largest absolute Gasteiger partial charge is 0.480 e. The Morgan fingerprint density at radius 2 is 1.71 bits per heavy atom. The number of nitrogens with one attached hydrogen (secondary N) is 2. The standard InChI is InChI=1S/C17H24N2O4S/c1-10(2)15(17(22)23)19-16(21)12(4)24-9-14(20)18-13-7-5-11(3)6-8-13/h5-8,10,12,15H,9H2,1-4H3,(H,18,20)(H,19,21)(H,22,23)/t12?,15-/m1/s1. The van der Waals surface area contributed by atoms with Gasteiger partial charge in [0.05, 0.1) is 11.0 Å². The van der Waals surface area contributed by atoms with Gasteiger partial charge in [-0.1, -0.05) is 31.5 Å². The van der Waals surface area contributed by atoms with Crippen LogP contribution in [0.5, 0.6) is 0 Å². The van der Waals surface area contributed by atoms with Crippen LogP contribution in [0, 0.1) is 12.8 Å². The summed E-state index contributed by atoms with van der Waals surface area (Å²) in [5.41, 5.74) is 1.81. The molecule has 0 aromatic heterocycles. The van der Waals surface area contributed by atoms with E-state index in [0.717, 1.165) is 17.3 Å². The average Bonchev–Trinajstić information content (AvgIpc) is 2.51. The first-order chi connectivity index (χ1) is 11.2. The molecule has 6 nitrogen and oxygen atoms in total. The van der Waals surface area contributed by atoms with Crippen LogP contribution in [0.25, 0.3) is 0 Å². The molecule has 0 radical (unpaired) electrons. The summed E-state index contributed by atoms with van der Waals surface area (Å²) in [7, 11) is 0. The molecule has 1 aromatic carbocycles. The predicted molar refractivity (Wildman–Crippen MR) is 96.1 cm³/mol. The third kappa shape index (κ3) is 6.62. The Bertz CT molecular complexity index is 587. The van der Waals surface area contributed by atoms with E-state index in [9.17, 15) is 14.4 Å². The Labute approximate surface area is 146 Å². The second-order valence-electron chi connectivity index (χ2n) is 5.94. The van der Waals surface area contributed by atoms with Crippen molar-refractivity contribution in [3.63, 3.8) is 0 Å². The van der Waals surface area contributed by atoms with Gasteiger partial charge in [0.2, 0.25) is 11.8 Å². The number of hydrogen-bond donors (Lipinski definition) is 3. The van der Waals surface area contributed by atoms with Crippen LogP contribution in [0.1, 0.15) is 26.3 Å². The number of carboxylic acid groups (broad SMARTS) is 1. The van der Waals surface area contributed by atoms with Crippen molar-refractivity contribution in [3.05, 3.63) is 29.8 Å². The van der Waals surface area contributed by atoms with E-state index in [-0.39, 0.29) is 23.5 Å². The Kier molecular flexibility index (Phi) is 7.78. The fraction of sp³-hybridized carbons (Fsp3) is 0.471. The van der Waals surface area contributed by atoms with Crippen LogP contribution in [-0.4, -0.2) is 39.9 Å². The number of benzene rings is 1. The normalized spacial score (nSPS) is 13.2. The molecule has 0 aliphatic heterocycles. The molecule has 0 heterocycles. The lowest BCUT2D eigenvalue weighted by molar-refractivity contribution is -0.143. The maximum atomic E-state index is 12.0. The van der Waals surface area contributed by atoms with E-state index in [1.54, 1.807) is 20.8 Å². The molecule has 1 rings (SSSR count). The third-order valence-corrected chi connectivity index (χ3v) is 4.54. The monoisotopic (exact) mass is 352 g/mol. The minimum absolute atomic E-state index is 0.113. The zero-order valence-electron chi connectivity index (χ0n) is 14.3. The first kappa shape index (κ1) is 20.0. The van der Waals surface area contributed by atoms with Crippen molar-refractivity contribution in [1.82, 2.24) is 5.32 Å². The molecular weight excluding hydrogens is 328 g/mol. The Balaban J connectivity index is 2.45. The summed E-state index contributed by atoms with van der Waals surface area (Å²) in [5.74, 6) is -1.76. The molecule has 0 aliphatic carbocycles. The number of hydrogen-bond acceptors (Lipinski definition) is 4. The van der Waals surface area contributed by atoms with Crippen LogP contribution in [-0.2, 0) is 14.4 Å². The summed E-state index contributed by atoms with van der Waals surface area (Å²) in [4.78, 5) is 35.1. The van der Waals surface area contributed by atoms with Crippen LogP contribution in [0.15, 0.2) is 24.3 Å². The highest BCUT2D eigenvalue weighted by atomic mass is 32.2. The van der Waals surface area contributed by atoms with Gasteiger partial charge in [0.1, 0.15) is 6.04 Å². The van der Waals surface area contributed by atoms with Gasteiger partial charge in [0.25, 0.3) is 0 Å². The number of carbonyl (C=O) groups excluding carboxylic acids is 2. The molecule has 132 valence electrons. The lowest BCUT2D eigenvalue weighted by atomic mass is 10.0. The number of thioether (sulfide) groups is 1. The van der Waals surface area contributed by atoms with Crippen molar-refractivity contribution in [2.75, 3.05) is 11.1 Å². The summed E-state index contributed by atoms with van der Waals surface area (Å²) in [6.45, 7) is 7.07. The fourth-order valence-electron chi connectivity index (χ4n) is 1.89. The van der Waals surface area contributed by atoms with Gasteiger partial charge >= 0.3 is 5.97 Å². The molecule has 1 aromatic rings. The van der Waals surface area contributed by atoms with Crippen molar-refractivity contribution < 1.29 is 19.5 Å². The first-order valence-electron chi connectivity index (χ1n) is 7.72. The molecule has 7 heteroatoms. The molecule has 0 bridgehead atoms. The molecule has 0 aliphatic rings. The molecule has 24 heavy (non-hydrogen) atoms. The summed E-state index contributed by atoms with van der Waals surface area (Å²) in [6.07, 6.45) is 0. The van der Waals surface area contributed by atoms with Gasteiger partial charge in [-0.2, -0.15) is 0 Å². The van der Waals surface area contributed by atoms with E-state index in [1.165, 1.54) is 0 Å². The van der Waals surface area contributed by atoms with Crippen LogP contribution < -0.4 is 10.6 Å². The number of aliphatic carboxylic acids is 1. The highest BCUT2D eigenvalue weighted by Gasteiger charge is 2.26. The summed E-state index contributed by atoms with van der Waals surface area (Å²) in [6, 6.07) is 6.50. The summed E-state index contributed by atoms with van der Waals surface area (Å²) in [5, 5.41) is 13.8. The lowest BCUT2D eigenvalue weighted by Crippen LogP contribution is -2.47. The van der Waals surface area contributed by atoms with E-state index in [4.69, 9.17) is 5.11 Å². The van der Waals surface area contributed by atoms with Gasteiger partial charge in [-0.05, 0) is 31.9 Å². The molecular formula is C17H24N2O4S. The zero-order chi connectivity index (χ0) is 18.3. The lowest BCUT2D eigenvalue weighted by Gasteiger charge is -2.20. The minimum Gasteiger partial charge on any atom is -0.480 e. The maximum absolute atomic E-state index is 12.0. The third-order valence-electron chi connectivity index (χ3n) is 3.40. The van der Waals surface area contributed by atoms with Crippen molar-refractivity contribution in [3.8, 4) is 0 Å². The minimum atomic E-state index is -1.06. The SMILES string of the molecule is Cc1ccc(NC(=O)CSC(C)C(=O)N[C@@H](C(=O)O)C(C)C)cc1. The van der Waals surface area contributed by atoms with Crippen LogP contribution in [0.3, 0.4) is 0 Å². The highest BCUT2D eigenvalue weighted by molar-refractivity contribution is 8.01. The summed E-state index contributed by atoms with van der Waals surface area (Å²) >= 11 is 1.16. The van der Waals surface area contributed by atoms with Gasteiger partial charge < -0.3 is 15.7 Å². The van der Waals surface area contributed by atoms with Crippen molar-refractivity contribution >= 4 is 35.2 Å². The summed E-state index contributed by atoms with van der Waals surface area (Å²) < 4.78 is 0. The number of anilines is 1. The van der Waals surface area contributed by atoms with Gasteiger partial charge in [0, 0.05) is 5.69 Å². The van der Waals surface area contributed by atoms with E-state index < -0.39 is 17.3 Å². The molecule has 2 atom stereocenters. The Morgan fingerprint density at radius 1 is 1.12 bits per heavy atom. The van der Waals surface area contributed by atoms with E-state index >= 15 is 0 Å². The number of rotatable bonds is 8. The van der Waals surface area contributed by atoms with Gasteiger partial charge in [-0.15, -0.1) is 11.8 Å². The van der Waals surface area contributed by atoms with Gasteiger partial charge in [0.15, 0.2) is 0 Å². The van der Waals surface area contributed by atoms with Crippen molar-refractivity contribution in [1.29, 1.82) is 0 Å². The number of carbonyl (C=O) groups is 3. The van der Waals surface area contributed by atoms with Crippen LogP contribution in [0.4, 0.5) is 5.69 Å². The first-order valence-corrected chi connectivity index (χ1v) is 8.77. The van der Waals surface area contributed by atoms with Crippen molar-refractivity contribution in [2.45, 2.75) is 39.0 Å². The number of amides is 2. The second kappa shape index (κ2) is 9.32. The van der Waals surface area contributed by atoms with Crippen LogP contribution in [0.2, 0.25) is 0 Å². The number of aryl methyl sites for hydroxylation is 1. The molecule has 1 unspecified atom stereocenters. The Hall–Kier alpha value is -2.02. The van der Waals surface area contributed by atoms with Gasteiger partial charge in [-0.25, -0.2) is 4.79 Å². The van der Waals surface area contributed by atoms with E-state index in [0.29, 0.717) is 5.69 Å². The van der Waals surface area contributed by atoms with Crippen LogP contribution >= 0.6 is 11.8 Å². The molecule has 0 spiro atoms. The van der Waals surface area contributed by atoms with Crippen molar-refractivity contribution in [2.24, 2.45) is 5.92 Å². The van der Waals surface area contributed by atoms with Gasteiger partial charge in [-0.3, -0.25) is 9.59 Å². The van der Waals surface area contributed by atoms with E-state index in [1.807, 2.05) is 31.2 Å². The molecule has 0 fully saturated rings. The molecule has 3 N–H and O–H groups in total. The second-order valence-corrected chi connectivity index (χ2v) is 7.27. The smallest absolute Gasteiger partial charge is 0.326 e. The average molecular weight is 352 g/mol. The topological polar surface area (TPSA) is 95.5 Å². The molecule has 2 amide bonds. The van der Waals surface area contributed by atoms with E-state index in [2.05, 4.69) is 10.6 Å². The molecule has 0 saturated heterocycles. The maximum Gasteiger partial charge on any atom is 0.326 e. The zero-order valence-corrected chi connectivity index (χ0v) is 15.1. The fourth-order valence-corrected chi connectivity index (χ4v) is 2.59. The molecule has 0 saturated carbocycles. The highest BCUT2D eigenvalue weighted by Crippen LogP contribution is 2.14.